The van der Waals surface area contributed by atoms with Crippen molar-refractivity contribution in [3.05, 3.63) is 54.4 Å². The number of para-hydroxylation sites is 2. The molecular weight excluding hydrogens is 317 g/mol. The second-order valence-electron chi connectivity index (χ2n) is 4.19. The molecule has 0 radical (unpaired) electrons. The molecule has 110 valence electrons. The summed E-state index contributed by atoms with van der Waals surface area (Å²) in [6, 6.07) is 14.5. The molecule has 1 aliphatic heterocycles. The van der Waals surface area contributed by atoms with Gasteiger partial charge in [0.1, 0.15) is 0 Å². The Kier molecular flexibility index (Phi) is 8.39. The normalized spacial score (nSPS) is 11.9. The maximum absolute atomic E-state index is 4.38. The number of hydrogen-bond acceptors (Lipinski definition) is 3. The second-order valence-corrected chi connectivity index (χ2v) is 4.19. The summed E-state index contributed by atoms with van der Waals surface area (Å²) in [6.07, 6.45) is 1.85. The van der Waals surface area contributed by atoms with Crippen LogP contribution in [0.25, 0.3) is 0 Å². The van der Waals surface area contributed by atoms with Crippen molar-refractivity contribution in [1.82, 2.24) is 4.98 Å². The quantitative estimate of drug-likeness (QED) is 0.906. The third kappa shape index (κ3) is 4.17. The summed E-state index contributed by atoms with van der Waals surface area (Å²) in [5.74, 6) is 0. The highest BCUT2D eigenvalue weighted by molar-refractivity contribution is 5.86. The van der Waals surface area contributed by atoms with Crippen molar-refractivity contribution in [2.75, 3.05) is 23.3 Å². The van der Waals surface area contributed by atoms with E-state index < -0.39 is 0 Å². The second kappa shape index (κ2) is 8.90. The van der Waals surface area contributed by atoms with E-state index >= 15 is 0 Å². The molecule has 0 atom stereocenters. The SMILES string of the molecule is Cl.Cl.Cl.c1ccc(CN2CCNc3ccccc32)nc1. The van der Waals surface area contributed by atoms with Gasteiger partial charge in [0.05, 0.1) is 23.6 Å². The Balaban J connectivity index is 0.00000120. The van der Waals surface area contributed by atoms with E-state index in [0.717, 1.165) is 25.3 Å². The van der Waals surface area contributed by atoms with Crippen LogP contribution in [0.1, 0.15) is 5.69 Å². The minimum absolute atomic E-state index is 0. The number of rotatable bonds is 2. The summed E-state index contributed by atoms with van der Waals surface area (Å²) >= 11 is 0. The lowest BCUT2D eigenvalue weighted by Gasteiger charge is -2.31. The van der Waals surface area contributed by atoms with E-state index in [1.54, 1.807) is 0 Å². The van der Waals surface area contributed by atoms with Crippen molar-refractivity contribution in [1.29, 1.82) is 0 Å². The number of hydrogen-bond donors (Lipinski definition) is 1. The maximum Gasteiger partial charge on any atom is 0.0606 e. The molecule has 3 nitrogen and oxygen atoms in total. The van der Waals surface area contributed by atoms with Crippen molar-refractivity contribution in [3.63, 3.8) is 0 Å². The molecule has 3 rings (SSSR count). The van der Waals surface area contributed by atoms with Crippen LogP contribution in [-0.2, 0) is 6.54 Å². The van der Waals surface area contributed by atoms with E-state index in [4.69, 9.17) is 0 Å². The molecule has 0 bridgehead atoms. The molecule has 0 saturated carbocycles. The van der Waals surface area contributed by atoms with Gasteiger partial charge in [-0.25, -0.2) is 0 Å². The predicted molar refractivity (Wildman–Crippen MR) is 92.0 cm³/mol. The van der Waals surface area contributed by atoms with Gasteiger partial charge in [-0.1, -0.05) is 18.2 Å². The molecule has 1 N–H and O–H groups in total. The lowest BCUT2D eigenvalue weighted by atomic mass is 10.2. The summed E-state index contributed by atoms with van der Waals surface area (Å²) in [5, 5.41) is 3.42. The predicted octanol–water partition coefficient (Wildman–Crippen LogP) is 3.78. The highest BCUT2D eigenvalue weighted by Crippen LogP contribution is 2.29. The van der Waals surface area contributed by atoms with Crippen LogP contribution in [0.15, 0.2) is 48.7 Å². The molecule has 1 aromatic heterocycles. The molecule has 2 heterocycles. The van der Waals surface area contributed by atoms with Gasteiger partial charge in [0.2, 0.25) is 0 Å². The minimum atomic E-state index is 0. The summed E-state index contributed by atoms with van der Waals surface area (Å²) in [5.41, 5.74) is 3.60. The van der Waals surface area contributed by atoms with E-state index in [1.807, 2.05) is 18.3 Å². The minimum Gasteiger partial charge on any atom is -0.382 e. The molecule has 0 saturated heterocycles. The standard InChI is InChI=1S/C14H15N3.3ClH/c1-2-7-14-13(6-1)16-9-10-17(14)11-12-5-3-4-8-15-12;;;/h1-8,16H,9-11H2;3*1H. The van der Waals surface area contributed by atoms with E-state index in [1.165, 1.54) is 11.4 Å². The third-order valence-corrected chi connectivity index (χ3v) is 3.02. The van der Waals surface area contributed by atoms with Gasteiger partial charge in [0.25, 0.3) is 0 Å². The zero-order valence-electron chi connectivity index (χ0n) is 10.9. The van der Waals surface area contributed by atoms with Crippen LogP contribution in [-0.4, -0.2) is 18.1 Å². The van der Waals surface area contributed by atoms with Gasteiger partial charge >= 0.3 is 0 Å². The van der Waals surface area contributed by atoms with Crippen molar-refractivity contribution in [2.45, 2.75) is 6.54 Å². The smallest absolute Gasteiger partial charge is 0.0606 e. The van der Waals surface area contributed by atoms with E-state index in [-0.39, 0.29) is 37.2 Å². The van der Waals surface area contributed by atoms with Gasteiger partial charge in [-0.2, -0.15) is 0 Å². The zero-order valence-corrected chi connectivity index (χ0v) is 13.3. The molecule has 0 amide bonds. The van der Waals surface area contributed by atoms with Crippen molar-refractivity contribution in [3.8, 4) is 0 Å². The molecule has 6 heteroatoms. The molecule has 1 aliphatic rings. The van der Waals surface area contributed by atoms with Crippen LogP contribution >= 0.6 is 37.2 Å². The summed E-state index contributed by atoms with van der Waals surface area (Å²) in [4.78, 5) is 6.75. The first-order chi connectivity index (χ1) is 8.43. The van der Waals surface area contributed by atoms with Crippen molar-refractivity contribution < 1.29 is 0 Å². The summed E-state index contributed by atoms with van der Waals surface area (Å²) in [7, 11) is 0. The van der Waals surface area contributed by atoms with Gasteiger partial charge < -0.3 is 10.2 Å². The fraction of sp³-hybridized carbons (Fsp3) is 0.214. The molecular formula is C14H18Cl3N3. The van der Waals surface area contributed by atoms with Crippen LogP contribution in [0.2, 0.25) is 0 Å². The Hall–Kier alpha value is -1.16. The van der Waals surface area contributed by atoms with E-state index in [9.17, 15) is 0 Å². The van der Waals surface area contributed by atoms with Gasteiger partial charge in [-0.3, -0.25) is 4.98 Å². The number of aromatic nitrogens is 1. The molecule has 0 unspecified atom stereocenters. The van der Waals surface area contributed by atoms with Crippen LogP contribution in [0, 0.1) is 0 Å². The molecule has 2 aromatic rings. The maximum atomic E-state index is 4.38. The van der Waals surface area contributed by atoms with E-state index in [0.29, 0.717) is 0 Å². The zero-order chi connectivity index (χ0) is 11.5. The van der Waals surface area contributed by atoms with Gasteiger partial charge in [0.15, 0.2) is 0 Å². The molecule has 0 spiro atoms. The lowest BCUT2D eigenvalue weighted by molar-refractivity contribution is 0.771. The fourth-order valence-electron chi connectivity index (χ4n) is 2.20. The largest absolute Gasteiger partial charge is 0.382 e. The topological polar surface area (TPSA) is 28.2 Å². The first-order valence-electron chi connectivity index (χ1n) is 5.91. The number of anilines is 2. The molecule has 0 fully saturated rings. The highest BCUT2D eigenvalue weighted by atomic mass is 35.5. The first kappa shape index (κ1) is 18.8. The van der Waals surface area contributed by atoms with Gasteiger partial charge in [-0.15, -0.1) is 37.2 Å². The van der Waals surface area contributed by atoms with Gasteiger partial charge in [-0.05, 0) is 24.3 Å². The van der Waals surface area contributed by atoms with E-state index in [2.05, 4.69) is 45.5 Å². The lowest BCUT2D eigenvalue weighted by Crippen LogP contribution is -2.33. The third-order valence-electron chi connectivity index (χ3n) is 3.02. The number of halogens is 3. The Morgan fingerprint density at radius 3 is 2.50 bits per heavy atom. The number of fused-ring (bicyclic) bond motifs is 1. The summed E-state index contributed by atoms with van der Waals surface area (Å²) in [6.45, 7) is 2.89. The highest BCUT2D eigenvalue weighted by Gasteiger charge is 2.15. The average molecular weight is 335 g/mol. The Bertz CT molecular complexity index is 508. The summed E-state index contributed by atoms with van der Waals surface area (Å²) < 4.78 is 0. The molecule has 0 aliphatic carbocycles. The molecule has 1 aromatic carbocycles. The van der Waals surface area contributed by atoms with Crippen LogP contribution < -0.4 is 10.2 Å². The fourth-order valence-corrected chi connectivity index (χ4v) is 2.20. The van der Waals surface area contributed by atoms with Gasteiger partial charge in [0, 0.05) is 19.3 Å². The Morgan fingerprint density at radius 2 is 1.75 bits per heavy atom. The molecule has 20 heavy (non-hydrogen) atoms. The van der Waals surface area contributed by atoms with Crippen LogP contribution in [0.5, 0.6) is 0 Å². The van der Waals surface area contributed by atoms with Crippen LogP contribution in [0.4, 0.5) is 11.4 Å². The average Bonchev–Trinajstić information content (AvgIpc) is 2.40. The number of nitrogens with one attached hydrogen (secondary N) is 1. The first-order valence-corrected chi connectivity index (χ1v) is 5.91. The monoisotopic (exact) mass is 333 g/mol. The number of nitrogens with zero attached hydrogens (tertiary/aromatic N) is 2. The van der Waals surface area contributed by atoms with Crippen molar-refractivity contribution in [2.24, 2.45) is 0 Å². The Morgan fingerprint density at radius 1 is 1.00 bits per heavy atom. The Labute approximate surface area is 138 Å². The van der Waals surface area contributed by atoms with Crippen LogP contribution in [0.3, 0.4) is 0 Å². The number of pyridine rings is 1. The van der Waals surface area contributed by atoms with Crippen molar-refractivity contribution >= 4 is 48.6 Å². The number of benzene rings is 1.